The molecular formula is C8H14ClN3. The third-order valence-electron chi connectivity index (χ3n) is 1.72. The average molecular weight is 188 g/mol. The van der Waals surface area contributed by atoms with Crippen molar-refractivity contribution in [1.82, 2.24) is 14.8 Å². The summed E-state index contributed by atoms with van der Waals surface area (Å²) >= 11 is 5.63. The van der Waals surface area contributed by atoms with E-state index >= 15 is 0 Å². The Kier molecular flexibility index (Phi) is 3.53. The summed E-state index contributed by atoms with van der Waals surface area (Å²) in [5.74, 6) is 2.55. The molecule has 0 aliphatic carbocycles. The monoisotopic (exact) mass is 187 g/mol. The van der Waals surface area contributed by atoms with Crippen molar-refractivity contribution < 1.29 is 0 Å². The molecule has 0 radical (unpaired) electrons. The van der Waals surface area contributed by atoms with E-state index in [-0.39, 0.29) is 0 Å². The van der Waals surface area contributed by atoms with E-state index in [4.69, 9.17) is 11.6 Å². The van der Waals surface area contributed by atoms with Crippen molar-refractivity contribution in [2.24, 2.45) is 0 Å². The molecule has 0 spiro atoms. The Bertz CT molecular complexity index is 244. The molecule has 68 valence electrons. The van der Waals surface area contributed by atoms with Crippen LogP contribution in [0, 0.1) is 0 Å². The molecule has 1 aromatic rings. The number of halogens is 1. The predicted octanol–water partition coefficient (Wildman–Crippen LogP) is 1.64. The lowest BCUT2D eigenvalue weighted by Crippen LogP contribution is -2.05. The van der Waals surface area contributed by atoms with Crippen LogP contribution in [0.4, 0.5) is 0 Å². The summed E-state index contributed by atoms with van der Waals surface area (Å²) in [5, 5.41) is 4.31. The molecule has 0 bridgehead atoms. The normalized spacial score (nSPS) is 10.6. The zero-order valence-corrected chi connectivity index (χ0v) is 8.30. The molecule has 0 fully saturated rings. The van der Waals surface area contributed by atoms with Gasteiger partial charge in [-0.3, -0.25) is 0 Å². The number of alkyl halides is 1. The zero-order valence-electron chi connectivity index (χ0n) is 7.55. The first-order valence-corrected chi connectivity index (χ1v) is 4.83. The fourth-order valence-corrected chi connectivity index (χ4v) is 1.26. The Balaban J connectivity index is 2.84. The van der Waals surface area contributed by atoms with Crippen LogP contribution >= 0.6 is 11.6 Å². The van der Waals surface area contributed by atoms with Crippen LogP contribution in [0.3, 0.4) is 0 Å². The third kappa shape index (κ3) is 1.97. The summed E-state index contributed by atoms with van der Waals surface area (Å²) < 4.78 is 1.89. The molecule has 0 saturated carbocycles. The van der Waals surface area contributed by atoms with Gasteiger partial charge >= 0.3 is 0 Å². The first-order valence-electron chi connectivity index (χ1n) is 4.30. The summed E-state index contributed by atoms with van der Waals surface area (Å²) in [6, 6.07) is 0. The van der Waals surface area contributed by atoms with Crippen LogP contribution in [0.2, 0.25) is 0 Å². The SMILES string of the molecule is CCc1nc(CC)n(CCCl)n1. The van der Waals surface area contributed by atoms with Gasteiger partial charge in [-0.1, -0.05) is 13.8 Å². The number of hydrogen-bond donors (Lipinski definition) is 0. The van der Waals surface area contributed by atoms with E-state index in [0.717, 1.165) is 31.0 Å². The molecule has 1 heterocycles. The van der Waals surface area contributed by atoms with Gasteiger partial charge in [0.1, 0.15) is 5.82 Å². The smallest absolute Gasteiger partial charge is 0.150 e. The molecule has 0 unspecified atom stereocenters. The van der Waals surface area contributed by atoms with E-state index < -0.39 is 0 Å². The maximum Gasteiger partial charge on any atom is 0.150 e. The van der Waals surface area contributed by atoms with Crippen LogP contribution < -0.4 is 0 Å². The quantitative estimate of drug-likeness (QED) is 0.671. The lowest BCUT2D eigenvalue weighted by Gasteiger charge is -1.98. The van der Waals surface area contributed by atoms with E-state index in [0.29, 0.717) is 5.88 Å². The van der Waals surface area contributed by atoms with Gasteiger partial charge in [0.15, 0.2) is 5.82 Å². The minimum atomic E-state index is 0.597. The Morgan fingerprint density at radius 1 is 1.33 bits per heavy atom. The second kappa shape index (κ2) is 4.45. The van der Waals surface area contributed by atoms with Crippen molar-refractivity contribution in [3.8, 4) is 0 Å². The summed E-state index contributed by atoms with van der Waals surface area (Å²) in [6.45, 7) is 4.89. The molecule has 4 heteroatoms. The lowest BCUT2D eigenvalue weighted by atomic mass is 10.4. The maximum absolute atomic E-state index is 5.63. The highest BCUT2D eigenvalue weighted by atomic mass is 35.5. The number of nitrogens with zero attached hydrogens (tertiary/aromatic N) is 3. The topological polar surface area (TPSA) is 30.7 Å². The standard InChI is InChI=1S/C8H14ClN3/c1-3-7-10-8(4-2)12(11-7)6-5-9/h3-6H2,1-2H3. The van der Waals surface area contributed by atoms with Crippen molar-refractivity contribution in [2.45, 2.75) is 33.2 Å². The molecule has 0 aromatic carbocycles. The lowest BCUT2D eigenvalue weighted by molar-refractivity contribution is 0.618. The van der Waals surface area contributed by atoms with E-state index in [9.17, 15) is 0 Å². The predicted molar refractivity (Wildman–Crippen MR) is 49.5 cm³/mol. The van der Waals surface area contributed by atoms with Gasteiger partial charge in [0, 0.05) is 18.7 Å². The second-order valence-electron chi connectivity index (χ2n) is 2.56. The molecule has 12 heavy (non-hydrogen) atoms. The van der Waals surface area contributed by atoms with Crippen molar-refractivity contribution in [1.29, 1.82) is 0 Å². The van der Waals surface area contributed by atoms with Crippen molar-refractivity contribution in [3.63, 3.8) is 0 Å². The van der Waals surface area contributed by atoms with Gasteiger partial charge in [-0.15, -0.1) is 11.6 Å². The van der Waals surface area contributed by atoms with Gasteiger partial charge in [-0.2, -0.15) is 5.10 Å². The molecular weight excluding hydrogens is 174 g/mol. The molecule has 0 saturated heterocycles. The highest BCUT2D eigenvalue weighted by molar-refractivity contribution is 6.17. The Labute approximate surface area is 77.8 Å². The van der Waals surface area contributed by atoms with E-state index in [1.807, 2.05) is 4.68 Å². The van der Waals surface area contributed by atoms with Crippen LogP contribution in [0.25, 0.3) is 0 Å². The van der Waals surface area contributed by atoms with Gasteiger partial charge in [-0.25, -0.2) is 9.67 Å². The maximum atomic E-state index is 5.63. The first-order chi connectivity index (χ1) is 5.81. The first kappa shape index (κ1) is 9.52. The fourth-order valence-electron chi connectivity index (χ4n) is 1.10. The number of aromatic nitrogens is 3. The van der Waals surface area contributed by atoms with E-state index in [2.05, 4.69) is 23.9 Å². The van der Waals surface area contributed by atoms with Gasteiger partial charge < -0.3 is 0 Å². The molecule has 0 amide bonds. The van der Waals surface area contributed by atoms with E-state index in [1.165, 1.54) is 0 Å². The van der Waals surface area contributed by atoms with Crippen LogP contribution in [0.5, 0.6) is 0 Å². The minimum absolute atomic E-state index is 0.597. The molecule has 1 aromatic heterocycles. The minimum Gasteiger partial charge on any atom is -0.249 e. The molecule has 3 nitrogen and oxygen atoms in total. The fraction of sp³-hybridized carbons (Fsp3) is 0.750. The highest BCUT2D eigenvalue weighted by Crippen LogP contribution is 2.00. The van der Waals surface area contributed by atoms with E-state index in [1.54, 1.807) is 0 Å². The summed E-state index contributed by atoms with van der Waals surface area (Å²) in [6.07, 6.45) is 1.81. The van der Waals surface area contributed by atoms with Gasteiger partial charge in [-0.05, 0) is 0 Å². The average Bonchev–Trinajstić information content (AvgIpc) is 2.48. The second-order valence-corrected chi connectivity index (χ2v) is 2.94. The van der Waals surface area contributed by atoms with Gasteiger partial charge in [0.25, 0.3) is 0 Å². The van der Waals surface area contributed by atoms with Crippen molar-refractivity contribution in [3.05, 3.63) is 11.6 Å². The van der Waals surface area contributed by atoms with Crippen LogP contribution in [-0.4, -0.2) is 20.6 Å². The largest absolute Gasteiger partial charge is 0.249 e. The van der Waals surface area contributed by atoms with Crippen molar-refractivity contribution >= 4 is 11.6 Å². The third-order valence-corrected chi connectivity index (χ3v) is 1.89. The Morgan fingerprint density at radius 2 is 2.08 bits per heavy atom. The summed E-state index contributed by atoms with van der Waals surface area (Å²) in [7, 11) is 0. The number of hydrogen-bond acceptors (Lipinski definition) is 2. The number of aryl methyl sites for hydroxylation is 3. The Morgan fingerprint density at radius 3 is 2.58 bits per heavy atom. The van der Waals surface area contributed by atoms with Gasteiger partial charge in [0.05, 0.1) is 6.54 Å². The molecule has 1 rings (SSSR count). The molecule has 0 atom stereocenters. The van der Waals surface area contributed by atoms with Gasteiger partial charge in [0.2, 0.25) is 0 Å². The highest BCUT2D eigenvalue weighted by Gasteiger charge is 2.05. The summed E-state index contributed by atoms with van der Waals surface area (Å²) in [4.78, 5) is 4.36. The van der Waals surface area contributed by atoms with Crippen LogP contribution in [0.15, 0.2) is 0 Å². The molecule has 0 aliphatic rings. The molecule has 0 aliphatic heterocycles. The molecule has 0 N–H and O–H groups in total. The van der Waals surface area contributed by atoms with Crippen LogP contribution in [0.1, 0.15) is 25.5 Å². The van der Waals surface area contributed by atoms with Crippen LogP contribution in [-0.2, 0) is 19.4 Å². The van der Waals surface area contributed by atoms with Crippen molar-refractivity contribution in [2.75, 3.05) is 5.88 Å². The Hall–Kier alpha value is -0.570. The summed E-state index contributed by atoms with van der Waals surface area (Å²) in [5.41, 5.74) is 0. The number of rotatable bonds is 4. The zero-order chi connectivity index (χ0) is 8.97.